The van der Waals surface area contributed by atoms with Gasteiger partial charge in [-0.1, -0.05) is 25.5 Å². The number of ether oxygens (including phenoxy) is 1. The lowest BCUT2D eigenvalue weighted by Crippen LogP contribution is -2.31. The molecule has 0 atom stereocenters. The van der Waals surface area contributed by atoms with E-state index in [1.807, 2.05) is 19.9 Å². The maximum absolute atomic E-state index is 11.7. The number of urea groups is 1. The van der Waals surface area contributed by atoms with Crippen LogP contribution in [0.3, 0.4) is 0 Å². The van der Waals surface area contributed by atoms with E-state index in [4.69, 9.17) is 4.74 Å². The molecule has 0 aliphatic heterocycles. The Labute approximate surface area is 121 Å². The molecule has 20 heavy (non-hydrogen) atoms. The zero-order valence-corrected chi connectivity index (χ0v) is 12.8. The van der Waals surface area contributed by atoms with E-state index in [-0.39, 0.29) is 6.03 Å². The number of carbonyl (C=O) groups excluding carboxylic acids is 1. The van der Waals surface area contributed by atoms with Crippen LogP contribution < -0.4 is 10.6 Å². The predicted molar refractivity (Wildman–Crippen MR) is 83.3 cm³/mol. The minimum Gasteiger partial charge on any atom is -0.380 e. The van der Waals surface area contributed by atoms with Gasteiger partial charge in [-0.25, -0.2) is 4.79 Å². The Morgan fingerprint density at radius 1 is 1.30 bits per heavy atom. The number of unbranched alkanes of at least 4 members (excludes halogenated alkanes) is 1. The zero-order chi connectivity index (χ0) is 14.8. The molecule has 0 aliphatic rings. The Hall–Kier alpha value is -1.55. The molecule has 4 nitrogen and oxygen atoms in total. The van der Waals surface area contributed by atoms with E-state index >= 15 is 0 Å². The molecule has 2 N–H and O–H groups in total. The summed E-state index contributed by atoms with van der Waals surface area (Å²) in [6.45, 7) is 7.87. The molecule has 0 saturated carbocycles. The number of hydrogen-bond donors (Lipinski definition) is 2. The van der Waals surface area contributed by atoms with Crippen LogP contribution in [-0.2, 0) is 11.2 Å². The highest BCUT2D eigenvalue weighted by Crippen LogP contribution is 2.17. The molecule has 112 valence electrons. The van der Waals surface area contributed by atoms with Crippen molar-refractivity contribution in [1.82, 2.24) is 5.32 Å². The van der Waals surface area contributed by atoms with Crippen LogP contribution in [0.4, 0.5) is 10.5 Å². The molecule has 2 amide bonds. The maximum Gasteiger partial charge on any atom is 0.319 e. The highest BCUT2D eigenvalue weighted by atomic mass is 16.5. The second-order valence-electron chi connectivity index (χ2n) is 4.83. The van der Waals surface area contributed by atoms with Crippen molar-refractivity contribution in [3.63, 3.8) is 0 Å². The largest absolute Gasteiger partial charge is 0.380 e. The summed E-state index contributed by atoms with van der Waals surface area (Å²) in [5, 5.41) is 5.63. The van der Waals surface area contributed by atoms with Gasteiger partial charge in [0.1, 0.15) is 0 Å². The standard InChI is InChI=1S/C16H26N2O2/c1-4-6-7-14-8-9-15(13(3)12-14)18-16(19)17-10-11-20-5-2/h8-9,12H,4-7,10-11H2,1-3H3,(H2,17,18,19). The first-order valence-electron chi connectivity index (χ1n) is 7.39. The van der Waals surface area contributed by atoms with Crippen LogP contribution in [0.5, 0.6) is 0 Å². The fourth-order valence-electron chi connectivity index (χ4n) is 1.95. The van der Waals surface area contributed by atoms with E-state index < -0.39 is 0 Å². The van der Waals surface area contributed by atoms with Gasteiger partial charge in [-0.2, -0.15) is 0 Å². The van der Waals surface area contributed by atoms with Gasteiger partial charge >= 0.3 is 6.03 Å². The third-order valence-corrected chi connectivity index (χ3v) is 3.09. The van der Waals surface area contributed by atoms with Crippen molar-refractivity contribution in [2.24, 2.45) is 0 Å². The monoisotopic (exact) mass is 278 g/mol. The first-order valence-corrected chi connectivity index (χ1v) is 7.39. The summed E-state index contributed by atoms with van der Waals surface area (Å²) in [6.07, 6.45) is 3.49. The molecule has 0 fully saturated rings. The summed E-state index contributed by atoms with van der Waals surface area (Å²) >= 11 is 0. The second kappa shape index (κ2) is 9.37. The highest BCUT2D eigenvalue weighted by Gasteiger charge is 2.04. The van der Waals surface area contributed by atoms with E-state index in [1.165, 1.54) is 18.4 Å². The number of amides is 2. The number of hydrogen-bond acceptors (Lipinski definition) is 2. The molecule has 0 aromatic heterocycles. The molecule has 0 aliphatic carbocycles. The summed E-state index contributed by atoms with van der Waals surface area (Å²) in [6, 6.07) is 6.01. The van der Waals surface area contributed by atoms with Crippen LogP contribution in [0.1, 0.15) is 37.8 Å². The van der Waals surface area contributed by atoms with Gasteiger partial charge in [0.15, 0.2) is 0 Å². The molecule has 4 heteroatoms. The Morgan fingerprint density at radius 2 is 2.10 bits per heavy atom. The normalized spacial score (nSPS) is 10.3. The van der Waals surface area contributed by atoms with E-state index in [9.17, 15) is 4.79 Å². The first-order chi connectivity index (χ1) is 9.67. The van der Waals surface area contributed by atoms with Crippen molar-refractivity contribution in [3.8, 4) is 0 Å². The van der Waals surface area contributed by atoms with Crippen LogP contribution in [0.25, 0.3) is 0 Å². The van der Waals surface area contributed by atoms with Gasteiger partial charge < -0.3 is 15.4 Å². The van der Waals surface area contributed by atoms with Crippen LogP contribution in [0.15, 0.2) is 18.2 Å². The number of carbonyl (C=O) groups is 1. The highest BCUT2D eigenvalue weighted by molar-refractivity contribution is 5.90. The van der Waals surface area contributed by atoms with Crippen molar-refractivity contribution in [3.05, 3.63) is 29.3 Å². The number of aryl methyl sites for hydroxylation is 2. The Kier molecular flexibility index (Phi) is 7.73. The van der Waals surface area contributed by atoms with Gasteiger partial charge in [0.2, 0.25) is 0 Å². The van der Waals surface area contributed by atoms with E-state index in [0.29, 0.717) is 19.8 Å². The summed E-state index contributed by atoms with van der Waals surface area (Å²) in [4.78, 5) is 11.7. The van der Waals surface area contributed by atoms with Crippen LogP contribution in [-0.4, -0.2) is 25.8 Å². The van der Waals surface area contributed by atoms with Crippen LogP contribution in [0.2, 0.25) is 0 Å². The molecular weight excluding hydrogens is 252 g/mol. The summed E-state index contributed by atoms with van der Waals surface area (Å²) in [5.74, 6) is 0. The molecule has 1 aromatic carbocycles. The number of rotatable bonds is 8. The predicted octanol–water partition coefficient (Wildman–Crippen LogP) is 3.50. The third-order valence-electron chi connectivity index (χ3n) is 3.09. The molecule has 0 unspecified atom stereocenters. The van der Waals surface area contributed by atoms with Gasteiger partial charge in [0.25, 0.3) is 0 Å². The molecule has 0 saturated heterocycles. The van der Waals surface area contributed by atoms with Crippen molar-refractivity contribution in [2.75, 3.05) is 25.1 Å². The second-order valence-corrected chi connectivity index (χ2v) is 4.83. The SMILES string of the molecule is CCCCc1ccc(NC(=O)NCCOCC)c(C)c1. The zero-order valence-electron chi connectivity index (χ0n) is 12.8. The average molecular weight is 278 g/mol. The van der Waals surface area contributed by atoms with Crippen molar-refractivity contribution >= 4 is 11.7 Å². The molecule has 1 aromatic rings. The molecule has 1 rings (SSSR count). The fraction of sp³-hybridized carbons (Fsp3) is 0.562. The third kappa shape index (κ3) is 6.06. The van der Waals surface area contributed by atoms with Gasteiger partial charge in [0, 0.05) is 18.8 Å². The lowest BCUT2D eigenvalue weighted by molar-refractivity contribution is 0.150. The fourth-order valence-corrected chi connectivity index (χ4v) is 1.95. The summed E-state index contributed by atoms with van der Waals surface area (Å²) in [7, 11) is 0. The first kappa shape index (κ1) is 16.5. The Balaban J connectivity index is 2.44. The Bertz CT molecular complexity index is 419. The number of anilines is 1. The van der Waals surface area contributed by atoms with E-state index in [0.717, 1.165) is 17.7 Å². The molecule has 0 radical (unpaired) electrons. The lowest BCUT2D eigenvalue weighted by atomic mass is 10.0. The molecule has 0 heterocycles. The van der Waals surface area contributed by atoms with Gasteiger partial charge in [-0.15, -0.1) is 0 Å². The molecule has 0 spiro atoms. The van der Waals surface area contributed by atoms with Crippen molar-refractivity contribution in [2.45, 2.75) is 40.0 Å². The Morgan fingerprint density at radius 3 is 2.75 bits per heavy atom. The lowest BCUT2D eigenvalue weighted by Gasteiger charge is -2.11. The average Bonchev–Trinajstić information content (AvgIpc) is 2.44. The maximum atomic E-state index is 11.7. The van der Waals surface area contributed by atoms with Crippen molar-refractivity contribution < 1.29 is 9.53 Å². The van der Waals surface area contributed by atoms with Gasteiger partial charge in [-0.3, -0.25) is 0 Å². The minimum absolute atomic E-state index is 0.186. The van der Waals surface area contributed by atoms with Crippen molar-refractivity contribution in [1.29, 1.82) is 0 Å². The van der Waals surface area contributed by atoms with Crippen LogP contribution >= 0.6 is 0 Å². The van der Waals surface area contributed by atoms with E-state index in [2.05, 4.69) is 29.7 Å². The quantitative estimate of drug-likeness (QED) is 0.715. The summed E-state index contributed by atoms with van der Waals surface area (Å²) in [5.41, 5.74) is 3.28. The number of benzene rings is 1. The van der Waals surface area contributed by atoms with E-state index in [1.54, 1.807) is 0 Å². The summed E-state index contributed by atoms with van der Waals surface area (Å²) < 4.78 is 5.17. The molecular formula is C16H26N2O2. The van der Waals surface area contributed by atoms with Crippen LogP contribution in [0, 0.1) is 6.92 Å². The molecule has 0 bridgehead atoms. The van der Waals surface area contributed by atoms with Gasteiger partial charge in [0.05, 0.1) is 6.61 Å². The van der Waals surface area contributed by atoms with Gasteiger partial charge in [-0.05, 0) is 43.9 Å². The number of nitrogens with one attached hydrogen (secondary N) is 2. The smallest absolute Gasteiger partial charge is 0.319 e. The minimum atomic E-state index is -0.186. The topological polar surface area (TPSA) is 50.4 Å².